The number of guanidine groups is 1. The molecule has 10 heteroatoms. The van der Waals surface area contributed by atoms with E-state index in [1.165, 1.54) is 12.1 Å². The molecule has 1 amide bonds. The lowest BCUT2D eigenvalue weighted by molar-refractivity contribution is -0.141. The summed E-state index contributed by atoms with van der Waals surface area (Å²) in [4.78, 5) is 16.8. The van der Waals surface area contributed by atoms with E-state index < -0.39 is 29.1 Å². The van der Waals surface area contributed by atoms with Crippen molar-refractivity contribution in [2.45, 2.75) is 45.8 Å². The molecular formula is C18H21F4N5O. The number of aliphatic imine (C=N–C) groups is 1. The van der Waals surface area contributed by atoms with Crippen molar-refractivity contribution >= 4 is 17.7 Å². The zero-order chi connectivity index (χ0) is 21.1. The minimum absolute atomic E-state index is 0.0462. The van der Waals surface area contributed by atoms with E-state index in [4.69, 9.17) is 0 Å². The summed E-state index contributed by atoms with van der Waals surface area (Å²) in [5.41, 5.74) is -1.23. The van der Waals surface area contributed by atoms with E-state index in [9.17, 15) is 22.4 Å². The zero-order valence-corrected chi connectivity index (χ0v) is 15.8. The van der Waals surface area contributed by atoms with Crippen LogP contribution >= 0.6 is 0 Å². The summed E-state index contributed by atoms with van der Waals surface area (Å²) in [5.74, 6) is -1.48. The van der Waals surface area contributed by atoms with Crippen LogP contribution in [0.1, 0.15) is 48.8 Å². The molecular weight excluding hydrogens is 378 g/mol. The first-order valence-electron chi connectivity index (χ1n) is 8.48. The van der Waals surface area contributed by atoms with Gasteiger partial charge < -0.3 is 5.32 Å². The molecule has 3 N–H and O–H groups in total. The number of H-pyrrole nitrogens is 1. The topological polar surface area (TPSA) is 82.2 Å². The third kappa shape index (κ3) is 5.54. The van der Waals surface area contributed by atoms with Crippen molar-refractivity contribution in [3.05, 3.63) is 46.9 Å². The fourth-order valence-corrected chi connectivity index (χ4v) is 2.03. The van der Waals surface area contributed by atoms with Gasteiger partial charge in [0.2, 0.25) is 5.96 Å². The van der Waals surface area contributed by atoms with Crippen LogP contribution in [0.5, 0.6) is 0 Å². The van der Waals surface area contributed by atoms with Gasteiger partial charge in [0.1, 0.15) is 11.5 Å². The molecule has 0 aliphatic rings. The van der Waals surface area contributed by atoms with Crippen LogP contribution in [0.25, 0.3) is 0 Å². The second-order valence-corrected chi connectivity index (χ2v) is 6.83. The second kappa shape index (κ2) is 7.99. The molecule has 152 valence electrons. The first-order chi connectivity index (χ1) is 12.9. The summed E-state index contributed by atoms with van der Waals surface area (Å²) < 4.78 is 51.9. The standard InChI is InChI=1S/C18H21F4N5O/c1-5-17(3,4)25-16(23-14-9-13(26-27-14)18(20,21)22)24-15(28)11-7-6-10(2)12(19)8-11/h6-9H,5H2,1-4H3,(H3,23,24,25,26,27,28). The summed E-state index contributed by atoms with van der Waals surface area (Å²) >= 11 is 0. The van der Waals surface area contributed by atoms with E-state index in [1.807, 2.05) is 12.0 Å². The van der Waals surface area contributed by atoms with Crippen molar-refractivity contribution in [3.8, 4) is 0 Å². The van der Waals surface area contributed by atoms with Gasteiger partial charge in [-0.25, -0.2) is 9.38 Å². The largest absolute Gasteiger partial charge is 0.432 e. The maximum Gasteiger partial charge on any atom is 0.432 e. The Labute approximate surface area is 159 Å². The van der Waals surface area contributed by atoms with E-state index in [0.29, 0.717) is 12.0 Å². The Morgan fingerprint density at radius 2 is 1.93 bits per heavy atom. The van der Waals surface area contributed by atoms with Gasteiger partial charge in [0.25, 0.3) is 5.91 Å². The van der Waals surface area contributed by atoms with Gasteiger partial charge in [0.15, 0.2) is 5.82 Å². The highest BCUT2D eigenvalue weighted by Crippen LogP contribution is 2.28. The number of anilines is 1. The smallest absolute Gasteiger partial charge is 0.309 e. The Hall–Kier alpha value is -2.91. The Morgan fingerprint density at radius 3 is 2.46 bits per heavy atom. The predicted octanol–water partition coefficient (Wildman–Crippen LogP) is 4.26. The zero-order valence-electron chi connectivity index (χ0n) is 15.8. The van der Waals surface area contributed by atoms with Crippen molar-refractivity contribution in [1.82, 2.24) is 15.5 Å². The molecule has 0 radical (unpaired) electrons. The fraction of sp³-hybridized carbons (Fsp3) is 0.389. The molecule has 0 saturated carbocycles. The van der Waals surface area contributed by atoms with E-state index in [2.05, 4.69) is 20.7 Å². The Morgan fingerprint density at radius 1 is 1.25 bits per heavy atom. The lowest BCUT2D eigenvalue weighted by Crippen LogP contribution is -2.38. The number of aromatic amines is 1. The maximum absolute atomic E-state index is 13.7. The molecule has 0 saturated heterocycles. The van der Waals surface area contributed by atoms with Gasteiger partial charge in [-0.15, -0.1) is 0 Å². The SMILES string of the molecule is CCC(C)(C)N=C(NC(=O)c1ccc(C)c(F)c1)Nc1cc(C(F)(F)F)[nH]n1. The number of alkyl halides is 3. The molecule has 6 nitrogen and oxygen atoms in total. The summed E-state index contributed by atoms with van der Waals surface area (Å²) in [7, 11) is 0. The van der Waals surface area contributed by atoms with Crippen LogP contribution in [0.4, 0.5) is 23.4 Å². The molecule has 1 aromatic carbocycles. The predicted molar refractivity (Wildman–Crippen MR) is 97.6 cm³/mol. The maximum atomic E-state index is 13.7. The van der Waals surface area contributed by atoms with Gasteiger partial charge in [-0.05, 0) is 44.9 Å². The Bertz CT molecular complexity index is 886. The highest BCUT2D eigenvalue weighted by molar-refractivity contribution is 6.09. The van der Waals surface area contributed by atoms with Crippen LogP contribution < -0.4 is 10.6 Å². The van der Waals surface area contributed by atoms with Crippen LogP contribution in [0.2, 0.25) is 0 Å². The molecule has 1 heterocycles. The number of benzene rings is 1. The van der Waals surface area contributed by atoms with Crippen molar-refractivity contribution in [1.29, 1.82) is 0 Å². The summed E-state index contributed by atoms with van der Waals surface area (Å²) in [6.07, 6.45) is -3.99. The quantitative estimate of drug-likeness (QED) is 0.408. The fourth-order valence-electron chi connectivity index (χ4n) is 2.03. The van der Waals surface area contributed by atoms with Crippen molar-refractivity contribution in [3.63, 3.8) is 0 Å². The van der Waals surface area contributed by atoms with Crippen LogP contribution in [-0.4, -0.2) is 27.6 Å². The number of nitrogens with zero attached hydrogens (tertiary/aromatic N) is 2. The van der Waals surface area contributed by atoms with Crippen molar-refractivity contribution < 1.29 is 22.4 Å². The average Bonchev–Trinajstić information content (AvgIpc) is 3.05. The normalized spacial score (nSPS) is 12.8. The minimum atomic E-state index is -4.59. The molecule has 28 heavy (non-hydrogen) atoms. The van der Waals surface area contributed by atoms with Crippen LogP contribution in [-0.2, 0) is 6.18 Å². The van der Waals surface area contributed by atoms with Gasteiger partial charge in [-0.1, -0.05) is 13.0 Å². The number of hydrogen-bond donors (Lipinski definition) is 3. The number of rotatable bonds is 4. The van der Waals surface area contributed by atoms with Crippen LogP contribution in [0, 0.1) is 12.7 Å². The molecule has 0 atom stereocenters. The third-order valence-electron chi connectivity index (χ3n) is 4.08. The number of nitrogens with one attached hydrogen (secondary N) is 3. The summed E-state index contributed by atoms with van der Waals surface area (Å²) in [5, 5.41) is 10.4. The Balaban J connectivity index is 2.28. The van der Waals surface area contributed by atoms with Gasteiger partial charge in [0.05, 0.1) is 5.54 Å². The number of aromatic nitrogens is 2. The number of hydrogen-bond acceptors (Lipinski definition) is 3. The monoisotopic (exact) mass is 399 g/mol. The highest BCUT2D eigenvalue weighted by Gasteiger charge is 2.33. The lowest BCUT2D eigenvalue weighted by atomic mass is 10.0. The number of aryl methyl sites for hydroxylation is 1. The number of carbonyl (C=O) groups is 1. The summed E-state index contributed by atoms with van der Waals surface area (Å²) in [6.45, 7) is 7.01. The van der Waals surface area contributed by atoms with E-state index in [0.717, 1.165) is 12.1 Å². The van der Waals surface area contributed by atoms with Gasteiger partial charge in [-0.3, -0.25) is 15.2 Å². The van der Waals surface area contributed by atoms with Crippen molar-refractivity contribution in [2.24, 2.45) is 4.99 Å². The summed E-state index contributed by atoms with van der Waals surface area (Å²) in [6, 6.07) is 4.72. The molecule has 0 aliphatic heterocycles. The van der Waals surface area contributed by atoms with E-state index in [-0.39, 0.29) is 17.3 Å². The number of halogens is 4. The molecule has 2 rings (SSSR count). The number of amides is 1. The number of carbonyl (C=O) groups excluding carboxylic acids is 1. The van der Waals surface area contributed by atoms with Gasteiger partial charge in [0, 0.05) is 11.6 Å². The first-order valence-corrected chi connectivity index (χ1v) is 8.48. The highest BCUT2D eigenvalue weighted by atomic mass is 19.4. The van der Waals surface area contributed by atoms with Crippen LogP contribution in [0.3, 0.4) is 0 Å². The van der Waals surface area contributed by atoms with Crippen molar-refractivity contribution in [2.75, 3.05) is 5.32 Å². The van der Waals surface area contributed by atoms with E-state index in [1.54, 1.807) is 20.8 Å². The van der Waals surface area contributed by atoms with Gasteiger partial charge in [-0.2, -0.15) is 18.3 Å². The molecule has 0 unspecified atom stereocenters. The van der Waals surface area contributed by atoms with Crippen LogP contribution in [0.15, 0.2) is 29.3 Å². The molecule has 0 aliphatic carbocycles. The average molecular weight is 399 g/mol. The molecule has 1 aromatic heterocycles. The van der Waals surface area contributed by atoms with Gasteiger partial charge >= 0.3 is 6.18 Å². The Kier molecular flexibility index (Phi) is 6.10. The third-order valence-corrected chi connectivity index (χ3v) is 4.08. The molecule has 0 bridgehead atoms. The lowest BCUT2D eigenvalue weighted by Gasteiger charge is -2.20. The second-order valence-electron chi connectivity index (χ2n) is 6.83. The molecule has 0 fully saturated rings. The van der Waals surface area contributed by atoms with E-state index >= 15 is 0 Å². The molecule has 2 aromatic rings. The molecule has 0 spiro atoms. The first kappa shape index (κ1) is 21.4. The minimum Gasteiger partial charge on any atom is -0.309 e.